The fourth-order valence-electron chi connectivity index (χ4n) is 1.51. The molecule has 0 saturated carbocycles. The molecule has 18 heavy (non-hydrogen) atoms. The minimum atomic E-state index is -4.64. The van der Waals surface area contributed by atoms with Gasteiger partial charge in [-0.1, -0.05) is 20.3 Å². The Bertz CT molecular complexity index is 361. The Morgan fingerprint density at radius 3 is 2.17 bits per heavy atom. The van der Waals surface area contributed by atoms with Gasteiger partial charge in [-0.05, 0) is 37.1 Å². The summed E-state index contributed by atoms with van der Waals surface area (Å²) in [4.78, 5) is 0. The lowest BCUT2D eigenvalue weighted by molar-refractivity contribution is -0.274. The van der Waals surface area contributed by atoms with Crippen molar-refractivity contribution >= 4 is 5.69 Å². The molecule has 0 bridgehead atoms. The van der Waals surface area contributed by atoms with Crippen LogP contribution < -0.4 is 10.1 Å². The van der Waals surface area contributed by atoms with Crippen molar-refractivity contribution in [3.05, 3.63) is 24.3 Å². The Kier molecular flexibility index (Phi) is 4.87. The molecule has 1 aromatic rings. The maximum absolute atomic E-state index is 12.0. The van der Waals surface area contributed by atoms with Crippen molar-refractivity contribution < 1.29 is 17.9 Å². The summed E-state index contributed by atoms with van der Waals surface area (Å²) in [6.45, 7) is 6.27. The molecule has 0 aromatic heterocycles. The van der Waals surface area contributed by atoms with E-state index >= 15 is 0 Å². The summed E-state index contributed by atoms with van der Waals surface area (Å²) in [5.74, 6) is 0.292. The van der Waals surface area contributed by atoms with E-state index in [2.05, 4.69) is 23.9 Å². The van der Waals surface area contributed by atoms with Crippen LogP contribution in [-0.4, -0.2) is 12.4 Å². The van der Waals surface area contributed by atoms with Crippen LogP contribution in [0.25, 0.3) is 0 Å². The van der Waals surface area contributed by atoms with E-state index in [-0.39, 0.29) is 11.8 Å². The third-order valence-corrected chi connectivity index (χ3v) is 2.98. The Labute approximate surface area is 105 Å². The lowest BCUT2D eigenvalue weighted by Crippen LogP contribution is -2.23. The van der Waals surface area contributed by atoms with Gasteiger partial charge < -0.3 is 10.1 Å². The molecule has 0 spiro atoms. The highest BCUT2D eigenvalue weighted by molar-refractivity contribution is 5.47. The van der Waals surface area contributed by atoms with E-state index in [1.165, 1.54) is 12.1 Å². The Balaban J connectivity index is 2.60. The van der Waals surface area contributed by atoms with Crippen LogP contribution in [0.4, 0.5) is 18.9 Å². The van der Waals surface area contributed by atoms with Crippen molar-refractivity contribution in [2.45, 2.75) is 39.6 Å². The standard InChI is InChI=1S/C13H18F3NO/c1-4-9(2)10(3)17-11-5-7-12(8-6-11)18-13(14,15)16/h5-10,17H,4H2,1-3H3. The Morgan fingerprint density at radius 1 is 1.17 bits per heavy atom. The molecule has 0 heterocycles. The van der Waals surface area contributed by atoms with E-state index in [0.29, 0.717) is 5.92 Å². The molecule has 0 fully saturated rings. The van der Waals surface area contributed by atoms with Gasteiger partial charge in [0.05, 0.1) is 0 Å². The molecule has 0 amide bonds. The van der Waals surface area contributed by atoms with E-state index < -0.39 is 6.36 Å². The van der Waals surface area contributed by atoms with E-state index in [0.717, 1.165) is 12.1 Å². The topological polar surface area (TPSA) is 21.3 Å². The van der Waals surface area contributed by atoms with Gasteiger partial charge in [-0.25, -0.2) is 0 Å². The summed E-state index contributed by atoms with van der Waals surface area (Å²) in [6.07, 6.45) is -3.59. The van der Waals surface area contributed by atoms with Gasteiger partial charge in [0.25, 0.3) is 0 Å². The zero-order valence-corrected chi connectivity index (χ0v) is 10.7. The second kappa shape index (κ2) is 5.98. The van der Waals surface area contributed by atoms with Crippen LogP contribution in [0.2, 0.25) is 0 Å². The average Bonchev–Trinajstić information content (AvgIpc) is 2.28. The number of nitrogens with one attached hydrogen (secondary N) is 1. The lowest BCUT2D eigenvalue weighted by Gasteiger charge is -2.21. The molecule has 0 aliphatic heterocycles. The fraction of sp³-hybridized carbons (Fsp3) is 0.538. The van der Waals surface area contributed by atoms with E-state index in [4.69, 9.17) is 0 Å². The van der Waals surface area contributed by atoms with E-state index in [1.807, 2.05) is 6.92 Å². The summed E-state index contributed by atoms with van der Waals surface area (Å²) in [5.41, 5.74) is 0.789. The first kappa shape index (κ1) is 14.7. The summed E-state index contributed by atoms with van der Waals surface area (Å²) in [6, 6.07) is 6.04. The molecule has 2 atom stereocenters. The van der Waals surface area contributed by atoms with Gasteiger partial charge in [0.15, 0.2) is 0 Å². The molecule has 0 radical (unpaired) electrons. The SMILES string of the molecule is CCC(C)C(C)Nc1ccc(OC(F)(F)F)cc1. The van der Waals surface area contributed by atoms with Gasteiger partial charge in [-0.3, -0.25) is 0 Å². The van der Waals surface area contributed by atoms with Crippen LogP contribution in [0.15, 0.2) is 24.3 Å². The summed E-state index contributed by atoms with van der Waals surface area (Å²) in [7, 11) is 0. The monoisotopic (exact) mass is 261 g/mol. The van der Waals surface area contributed by atoms with Crippen molar-refractivity contribution in [3.8, 4) is 5.75 Å². The number of alkyl halides is 3. The highest BCUT2D eigenvalue weighted by Crippen LogP contribution is 2.24. The molecule has 0 aliphatic carbocycles. The highest BCUT2D eigenvalue weighted by atomic mass is 19.4. The zero-order chi connectivity index (χ0) is 13.8. The molecule has 2 nitrogen and oxygen atoms in total. The highest BCUT2D eigenvalue weighted by Gasteiger charge is 2.30. The van der Waals surface area contributed by atoms with E-state index in [1.54, 1.807) is 12.1 Å². The molecule has 1 rings (SSSR count). The zero-order valence-electron chi connectivity index (χ0n) is 10.7. The molecule has 1 aromatic carbocycles. The molecule has 1 N–H and O–H groups in total. The first-order valence-corrected chi connectivity index (χ1v) is 5.94. The third-order valence-electron chi connectivity index (χ3n) is 2.98. The van der Waals surface area contributed by atoms with Crippen LogP contribution in [0.3, 0.4) is 0 Å². The van der Waals surface area contributed by atoms with Gasteiger partial charge in [-0.2, -0.15) is 0 Å². The quantitative estimate of drug-likeness (QED) is 0.846. The van der Waals surface area contributed by atoms with Gasteiger partial charge in [-0.15, -0.1) is 13.2 Å². The minimum Gasteiger partial charge on any atom is -0.406 e. The number of hydrogen-bond acceptors (Lipinski definition) is 2. The first-order valence-electron chi connectivity index (χ1n) is 5.94. The summed E-state index contributed by atoms with van der Waals surface area (Å²) < 4.78 is 39.7. The number of benzene rings is 1. The number of rotatable bonds is 5. The van der Waals surface area contributed by atoms with Crippen LogP contribution in [0.5, 0.6) is 5.75 Å². The van der Waals surface area contributed by atoms with Crippen molar-refractivity contribution in [1.82, 2.24) is 0 Å². The molecule has 0 aliphatic rings. The lowest BCUT2D eigenvalue weighted by atomic mass is 10.0. The third kappa shape index (κ3) is 4.85. The number of anilines is 1. The molecule has 102 valence electrons. The number of hydrogen-bond donors (Lipinski definition) is 1. The van der Waals surface area contributed by atoms with Crippen molar-refractivity contribution in [2.75, 3.05) is 5.32 Å². The van der Waals surface area contributed by atoms with Crippen molar-refractivity contribution in [2.24, 2.45) is 5.92 Å². The van der Waals surface area contributed by atoms with Crippen LogP contribution in [0, 0.1) is 5.92 Å². The summed E-state index contributed by atoms with van der Waals surface area (Å²) >= 11 is 0. The molecule has 2 unspecified atom stereocenters. The molecule has 5 heteroatoms. The van der Waals surface area contributed by atoms with Gasteiger partial charge in [0, 0.05) is 11.7 Å². The normalized spacial score (nSPS) is 15.0. The van der Waals surface area contributed by atoms with Gasteiger partial charge in [0.2, 0.25) is 0 Å². The van der Waals surface area contributed by atoms with E-state index in [9.17, 15) is 13.2 Å². The fourth-order valence-corrected chi connectivity index (χ4v) is 1.51. The Morgan fingerprint density at radius 2 is 1.72 bits per heavy atom. The minimum absolute atomic E-state index is 0.204. The Hall–Kier alpha value is -1.39. The van der Waals surface area contributed by atoms with Crippen LogP contribution in [0.1, 0.15) is 27.2 Å². The molecule has 0 saturated heterocycles. The predicted octanol–water partition coefficient (Wildman–Crippen LogP) is 4.43. The van der Waals surface area contributed by atoms with Crippen molar-refractivity contribution in [3.63, 3.8) is 0 Å². The maximum Gasteiger partial charge on any atom is 0.573 e. The summed E-state index contributed by atoms with van der Waals surface area (Å²) in [5, 5.41) is 3.25. The first-order chi connectivity index (χ1) is 8.31. The average molecular weight is 261 g/mol. The maximum atomic E-state index is 12.0. The van der Waals surface area contributed by atoms with Crippen LogP contribution in [-0.2, 0) is 0 Å². The number of halogens is 3. The second-order valence-electron chi connectivity index (χ2n) is 4.39. The largest absolute Gasteiger partial charge is 0.573 e. The molecular weight excluding hydrogens is 243 g/mol. The second-order valence-corrected chi connectivity index (χ2v) is 4.39. The molecular formula is C13H18F3NO. The van der Waals surface area contributed by atoms with Crippen molar-refractivity contribution in [1.29, 1.82) is 0 Å². The number of ether oxygens (including phenoxy) is 1. The van der Waals surface area contributed by atoms with Gasteiger partial charge in [0.1, 0.15) is 5.75 Å². The predicted molar refractivity (Wildman–Crippen MR) is 65.7 cm³/mol. The van der Waals surface area contributed by atoms with Crippen LogP contribution >= 0.6 is 0 Å². The smallest absolute Gasteiger partial charge is 0.406 e. The van der Waals surface area contributed by atoms with Gasteiger partial charge >= 0.3 is 6.36 Å².